The number of phenols is 1. The second-order valence-electron chi connectivity index (χ2n) is 11.8. The van der Waals surface area contributed by atoms with Gasteiger partial charge in [-0.25, -0.2) is 9.69 Å². The molecule has 6 unspecified atom stereocenters. The molecule has 3 aromatic rings. The number of urea groups is 1. The van der Waals surface area contributed by atoms with E-state index in [1.165, 1.54) is 13.2 Å². The number of benzene rings is 3. The number of nitrogens with zero attached hydrogens (tertiary/aromatic N) is 2. The number of allylic oxidation sites excluding steroid dienone is 2. The van der Waals surface area contributed by atoms with Gasteiger partial charge < -0.3 is 15.6 Å². The van der Waals surface area contributed by atoms with Crippen molar-refractivity contribution in [2.75, 3.05) is 12.0 Å². The van der Waals surface area contributed by atoms with Gasteiger partial charge in [-0.05, 0) is 48.6 Å². The molecular formula is C34H28ClN3O7. The Hall–Kier alpha value is -4.96. The van der Waals surface area contributed by atoms with E-state index < -0.39 is 64.7 Å². The van der Waals surface area contributed by atoms with Crippen LogP contribution in [0.4, 0.5) is 10.5 Å². The molecule has 1 saturated carbocycles. The van der Waals surface area contributed by atoms with E-state index in [0.717, 1.165) is 4.90 Å². The summed E-state index contributed by atoms with van der Waals surface area (Å²) in [6, 6.07) is 19.2. The summed E-state index contributed by atoms with van der Waals surface area (Å²) in [5.41, 5.74) is 5.69. The predicted molar refractivity (Wildman–Crippen MR) is 162 cm³/mol. The van der Waals surface area contributed by atoms with Crippen molar-refractivity contribution in [3.63, 3.8) is 0 Å². The third-order valence-electron chi connectivity index (χ3n) is 9.95. The molecule has 0 bridgehead atoms. The Morgan fingerprint density at radius 3 is 2.38 bits per heavy atom. The summed E-state index contributed by atoms with van der Waals surface area (Å²) in [6.07, 6.45) is 1.98. The van der Waals surface area contributed by atoms with Crippen molar-refractivity contribution >= 4 is 46.9 Å². The van der Waals surface area contributed by atoms with Crippen LogP contribution < -0.4 is 15.4 Å². The SMILES string of the molecule is COc1cccc(C2C3=CCC4C(=O)N(C(N)=O)C(=O)C4C3CC3C(=O)N(c4cccc(Cl)c4)C(=O)C32c2ccccc2)c1O. The van der Waals surface area contributed by atoms with Crippen LogP contribution in [-0.4, -0.2) is 46.8 Å². The van der Waals surface area contributed by atoms with Gasteiger partial charge in [0.25, 0.3) is 0 Å². The first-order valence-electron chi connectivity index (χ1n) is 14.5. The minimum atomic E-state index is -1.56. The molecule has 2 aliphatic carbocycles. The number of carbonyl (C=O) groups is 5. The number of ether oxygens (including phenoxy) is 1. The number of para-hydroxylation sites is 1. The zero-order valence-electron chi connectivity index (χ0n) is 24.1. The molecule has 6 atom stereocenters. The number of fused-ring (bicyclic) bond motifs is 4. The van der Waals surface area contributed by atoms with Gasteiger partial charge in [0, 0.05) is 16.5 Å². The summed E-state index contributed by atoms with van der Waals surface area (Å²) in [6.45, 7) is 0. The van der Waals surface area contributed by atoms with E-state index in [1.54, 1.807) is 66.7 Å². The fraction of sp³-hybridized carbons (Fsp3) is 0.265. The number of aromatic hydroxyl groups is 1. The van der Waals surface area contributed by atoms with Gasteiger partial charge in [0.15, 0.2) is 11.5 Å². The van der Waals surface area contributed by atoms with Gasteiger partial charge in [0.05, 0.1) is 36.0 Å². The number of methoxy groups -OCH3 is 1. The molecule has 6 amide bonds. The normalized spacial score (nSPS) is 28.8. The molecule has 11 heteroatoms. The lowest BCUT2D eigenvalue weighted by atomic mass is 9.49. The van der Waals surface area contributed by atoms with Crippen molar-refractivity contribution in [2.45, 2.75) is 24.2 Å². The molecule has 2 heterocycles. The van der Waals surface area contributed by atoms with Crippen molar-refractivity contribution in [3.05, 3.63) is 101 Å². The van der Waals surface area contributed by atoms with Crippen LogP contribution in [0, 0.1) is 23.7 Å². The van der Waals surface area contributed by atoms with Gasteiger partial charge in [-0.1, -0.05) is 71.8 Å². The second kappa shape index (κ2) is 10.3. The van der Waals surface area contributed by atoms with Crippen LogP contribution in [0.3, 0.4) is 0 Å². The Morgan fingerprint density at radius 1 is 0.956 bits per heavy atom. The standard InChI is InChI=1S/C34H28ClN3O7/c1-45-25-12-6-11-22(28(25)39)27-20-13-14-21-26(31(42)38(29(21)40)33(36)44)23(20)16-24-30(41)37(19-10-5-9-18(35)15-19)32(43)34(24,27)17-7-3-2-4-8-17/h2-13,15,21,23-24,26-27,39H,14,16H2,1H3,(H2,36,44). The van der Waals surface area contributed by atoms with Gasteiger partial charge in [-0.2, -0.15) is 4.90 Å². The lowest BCUT2D eigenvalue weighted by Gasteiger charge is -2.50. The summed E-state index contributed by atoms with van der Waals surface area (Å²) < 4.78 is 5.45. The van der Waals surface area contributed by atoms with E-state index in [2.05, 4.69) is 0 Å². The number of nitrogens with two attached hydrogens (primary N) is 1. The first kappa shape index (κ1) is 28.8. The van der Waals surface area contributed by atoms with Crippen molar-refractivity contribution in [1.29, 1.82) is 0 Å². The van der Waals surface area contributed by atoms with Crippen LogP contribution in [0.2, 0.25) is 5.02 Å². The number of likely N-dealkylation sites (tertiary alicyclic amines) is 1. The van der Waals surface area contributed by atoms with Gasteiger partial charge in [-0.3, -0.25) is 19.2 Å². The first-order valence-corrected chi connectivity index (χ1v) is 14.9. The molecule has 3 aromatic carbocycles. The number of imide groups is 4. The molecule has 45 heavy (non-hydrogen) atoms. The largest absolute Gasteiger partial charge is 0.504 e. The molecule has 0 radical (unpaired) electrons. The average molecular weight is 626 g/mol. The predicted octanol–water partition coefficient (Wildman–Crippen LogP) is 4.30. The Labute approximate surface area is 263 Å². The van der Waals surface area contributed by atoms with E-state index in [4.69, 9.17) is 22.1 Å². The van der Waals surface area contributed by atoms with Crippen LogP contribution in [0.25, 0.3) is 0 Å². The number of carbonyl (C=O) groups excluding carboxylic acids is 5. The highest BCUT2D eigenvalue weighted by atomic mass is 35.5. The molecule has 10 nitrogen and oxygen atoms in total. The molecule has 4 aliphatic rings. The summed E-state index contributed by atoms with van der Waals surface area (Å²) in [5, 5.41) is 11.9. The van der Waals surface area contributed by atoms with Crippen LogP contribution in [0.5, 0.6) is 11.5 Å². The number of amides is 6. The number of primary amides is 1. The van der Waals surface area contributed by atoms with Crippen LogP contribution in [-0.2, 0) is 24.6 Å². The third-order valence-corrected chi connectivity index (χ3v) is 10.2. The molecule has 2 aliphatic heterocycles. The molecule has 0 spiro atoms. The Balaban J connectivity index is 1.53. The highest BCUT2D eigenvalue weighted by molar-refractivity contribution is 6.32. The van der Waals surface area contributed by atoms with Gasteiger partial charge in [0.2, 0.25) is 23.6 Å². The third kappa shape index (κ3) is 3.84. The monoisotopic (exact) mass is 625 g/mol. The fourth-order valence-electron chi connectivity index (χ4n) is 8.24. The number of phenolic OH excluding ortho intramolecular Hbond substituents is 1. The highest BCUT2D eigenvalue weighted by Gasteiger charge is 2.70. The maximum absolute atomic E-state index is 15.1. The van der Waals surface area contributed by atoms with Crippen molar-refractivity contribution in [2.24, 2.45) is 29.4 Å². The maximum atomic E-state index is 15.1. The highest BCUT2D eigenvalue weighted by Crippen LogP contribution is 2.65. The lowest BCUT2D eigenvalue weighted by molar-refractivity contribution is -0.136. The fourth-order valence-corrected chi connectivity index (χ4v) is 8.43. The van der Waals surface area contributed by atoms with Crippen LogP contribution in [0.1, 0.15) is 29.9 Å². The number of halogens is 1. The zero-order chi connectivity index (χ0) is 31.8. The van der Waals surface area contributed by atoms with Crippen LogP contribution >= 0.6 is 11.6 Å². The number of hydrogen-bond acceptors (Lipinski definition) is 7. The zero-order valence-corrected chi connectivity index (χ0v) is 24.8. The van der Waals surface area contributed by atoms with Gasteiger partial charge in [0.1, 0.15) is 0 Å². The molecule has 7 rings (SSSR count). The summed E-state index contributed by atoms with van der Waals surface area (Å²) >= 11 is 6.31. The van der Waals surface area contributed by atoms with Crippen molar-refractivity contribution in [1.82, 2.24) is 4.90 Å². The second-order valence-corrected chi connectivity index (χ2v) is 12.3. The first-order chi connectivity index (χ1) is 21.6. The van der Waals surface area contributed by atoms with E-state index >= 15 is 4.79 Å². The topological polar surface area (TPSA) is 147 Å². The molecule has 3 fully saturated rings. The quantitative estimate of drug-likeness (QED) is 0.325. The lowest BCUT2D eigenvalue weighted by Crippen LogP contribution is -2.53. The number of hydrogen-bond donors (Lipinski definition) is 2. The summed E-state index contributed by atoms with van der Waals surface area (Å²) in [4.78, 5) is 70.5. The maximum Gasteiger partial charge on any atom is 0.328 e. The smallest absolute Gasteiger partial charge is 0.328 e. The summed E-state index contributed by atoms with van der Waals surface area (Å²) in [7, 11) is 1.41. The Morgan fingerprint density at radius 2 is 1.69 bits per heavy atom. The molecule has 228 valence electrons. The van der Waals surface area contributed by atoms with E-state index in [1.807, 2.05) is 6.08 Å². The molecule has 0 aromatic heterocycles. The average Bonchev–Trinajstić information content (AvgIpc) is 3.42. The summed E-state index contributed by atoms with van der Waals surface area (Å²) in [5.74, 6) is -6.96. The van der Waals surface area contributed by atoms with Crippen molar-refractivity contribution < 1.29 is 33.8 Å². The van der Waals surface area contributed by atoms with Crippen molar-refractivity contribution in [3.8, 4) is 11.5 Å². The van der Waals surface area contributed by atoms with E-state index in [0.29, 0.717) is 26.6 Å². The van der Waals surface area contributed by atoms with Gasteiger partial charge in [-0.15, -0.1) is 0 Å². The molecule has 3 N–H and O–H groups in total. The Bertz CT molecular complexity index is 1840. The minimum Gasteiger partial charge on any atom is -0.504 e. The van der Waals surface area contributed by atoms with E-state index in [-0.39, 0.29) is 30.0 Å². The van der Waals surface area contributed by atoms with E-state index in [9.17, 15) is 24.3 Å². The van der Waals surface area contributed by atoms with Gasteiger partial charge >= 0.3 is 6.03 Å². The number of rotatable bonds is 4. The van der Waals surface area contributed by atoms with Crippen LogP contribution in [0.15, 0.2) is 84.4 Å². The number of anilines is 1. The molecule has 2 saturated heterocycles. The molecular weight excluding hydrogens is 598 g/mol. The minimum absolute atomic E-state index is 0.0381. The Kier molecular flexibility index (Phi) is 6.59.